The predicted molar refractivity (Wildman–Crippen MR) is 151 cm³/mol. The molecule has 0 aromatic carbocycles. The topological polar surface area (TPSA) is 357 Å². The van der Waals surface area contributed by atoms with E-state index in [1.807, 2.05) is 0 Å². The molecular formula is C25H49N8O11-. The third-order valence-corrected chi connectivity index (χ3v) is 6.25. The zero-order chi connectivity index (χ0) is 33.8. The predicted octanol–water partition coefficient (Wildman–Crippen LogP) is -7.47. The monoisotopic (exact) mass is 637 g/mol. The van der Waals surface area contributed by atoms with E-state index in [-0.39, 0.29) is 79.1 Å². The lowest BCUT2D eigenvalue weighted by Gasteiger charge is -2.30. The molecule has 5 atom stereocenters. The molecule has 5 unspecified atom stereocenters. The number of nitrogens with two attached hydrogens (primary N) is 2. The first-order valence-electron chi connectivity index (χ1n) is 13.6. The maximum atomic E-state index is 11.1. The minimum atomic E-state index is -1.36. The molecule has 2 fully saturated rings. The summed E-state index contributed by atoms with van der Waals surface area (Å²) in [5.74, 6) is -3.03. The third-order valence-electron chi connectivity index (χ3n) is 6.25. The molecule has 0 bridgehead atoms. The average molecular weight is 638 g/mol. The van der Waals surface area contributed by atoms with Crippen LogP contribution in [0.3, 0.4) is 0 Å². The van der Waals surface area contributed by atoms with E-state index in [4.69, 9.17) is 16.6 Å². The van der Waals surface area contributed by atoms with E-state index in [0.29, 0.717) is 25.7 Å². The van der Waals surface area contributed by atoms with Gasteiger partial charge in [0, 0.05) is 59.3 Å². The Kier molecular flexibility index (Phi) is 23.8. The van der Waals surface area contributed by atoms with Crippen LogP contribution in [-0.2, 0) is 33.6 Å². The lowest BCUT2D eigenvalue weighted by Crippen LogP contribution is -2.67. The standard InChI is InChI=1S/C7H13N2O2.2C6H12N2O3.C6H10N2O2.H2O/c1-9-6(10)5-2-3-7(8,11)4-5;2*1-8-6(11)4(7)2-3-5(9)10;1-7-6(10)4-2-3-5(9)8-4;/h5H,2-4,8H2,1H3,(H,9,10);2*4H,2-3,7H2,1H3,(H,8,11)(H,9,10);4H,2-3H2,1H3,(H,7,10)(H,8,9);1H2/q-1;;;;. The maximum absolute atomic E-state index is 11.1. The summed E-state index contributed by atoms with van der Waals surface area (Å²) in [6.45, 7) is 0. The number of rotatable bonds is 10. The molecule has 1 saturated carbocycles. The zero-order valence-corrected chi connectivity index (χ0v) is 25.7. The van der Waals surface area contributed by atoms with Crippen molar-refractivity contribution >= 4 is 41.5 Å². The summed E-state index contributed by atoms with van der Waals surface area (Å²) in [6, 6.07) is -1.51. The summed E-state index contributed by atoms with van der Waals surface area (Å²) in [4.78, 5) is 73.8. The molecule has 1 aliphatic carbocycles. The molecule has 2 rings (SSSR count). The van der Waals surface area contributed by atoms with Crippen molar-refractivity contribution in [3.05, 3.63) is 0 Å². The van der Waals surface area contributed by atoms with Gasteiger partial charge in [-0.2, -0.15) is 0 Å². The lowest BCUT2D eigenvalue weighted by molar-refractivity contribution is -0.474. The van der Waals surface area contributed by atoms with E-state index in [9.17, 15) is 43.8 Å². The van der Waals surface area contributed by atoms with Crippen LogP contribution < -0.4 is 54.0 Å². The molecule has 1 heterocycles. The average Bonchev–Trinajstić information content (AvgIpc) is 3.58. The first-order valence-corrected chi connectivity index (χ1v) is 13.6. The first-order chi connectivity index (χ1) is 19.9. The van der Waals surface area contributed by atoms with Gasteiger partial charge in [-0.25, -0.2) is 0 Å². The van der Waals surface area contributed by atoms with E-state index < -0.39 is 29.7 Å². The minimum Gasteiger partial charge on any atom is -0.838 e. The number of quaternary nitrogens is 1. The summed E-state index contributed by atoms with van der Waals surface area (Å²) in [5, 5.41) is 41.5. The Labute approximate surface area is 255 Å². The van der Waals surface area contributed by atoms with Gasteiger partial charge < -0.3 is 69.4 Å². The van der Waals surface area contributed by atoms with Gasteiger partial charge in [0.25, 0.3) is 5.91 Å². The molecule has 19 heteroatoms. The molecule has 19 nitrogen and oxygen atoms in total. The Morgan fingerprint density at radius 3 is 1.89 bits per heavy atom. The smallest absolute Gasteiger partial charge is 0.303 e. The highest BCUT2D eigenvalue weighted by atomic mass is 16.4. The van der Waals surface area contributed by atoms with Crippen molar-refractivity contribution in [2.75, 3.05) is 28.2 Å². The van der Waals surface area contributed by atoms with Gasteiger partial charge in [0.2, 0.25) is 23.6 Å². The fourth-order valence-corrected chi connectivity index (χ4v) is 3.68. The fourth-order valence-electron chi connectivity index (χ4n) is 3.68. The van der Waals surface area contributed by atoms with Crippen LogP contribution >= 0.6 is 0 Å². The van der Waals surface area contributed by atoms with Gasteiger partial charge in [0.15, 0.2) is 6.04 Å². The molecule has 1 aliphatic heterocycles. The Bertz CT molecular complexity index is 913. The number of carbonyl (C=O) groups is 7. The number of hydrogen-bond acceptors (Lipinski definition) is 11. The van der Waals surface area contributed by atoms with Gasteiger partial charge >= 0.3 is 5.97 Å². The van der Waals surface area contributed by atoms with Crippen LogP contribution in [0.15, 0.2) is 0 Å². The highest BCUT2D eigenvalue weighted by Gasteiger charge is 2.30. The van der Waals surface area contributed by atoms with Gasteiger partial charge in [-0.05, 0) is 38.5 Å². The fraction of sp³-hybridized carbons (Fsp3) is 0.720. The maximum Gasteiger partial charge on any atom is 0.303 e. The van der Waals surface area contributed by atoms with Crippen LogP contribution in [0, 0.1) is 5.92 Å². The molecule has 15 N–H and O–H groups in total. The lowest BCUT2D eigenvalue weighted by atomic mass is 10.1. The van der Waals surface area contributed by atoms with Gasteiger partial charge in [-0.15, -0.1) is 0 Å². The Morgan fingerprint density at radius 2 is 1.52 bits per heavy atom. The summed E-state index contributed by atoms with van der Waals surface area (Å²) >= 11 is 0. The molecule has 256 valence electrons. The second-order valence-corrected chi connectivity index (χ2v) is 9.77. The van der Waals surface area contributed by atoms with E-state index in [1.54, 1.807) is 14.1 Å². The van der Waals surface area contributed by atoms with Gasteiger partial charge in [0.1, 0.15) is 6.04 Å². The Hall–Kier alpha value is -3.91. The number of carboxylic acids is 2. The van der Waals surface area contributed by atoms with Crippen LogP contribution in [0.25, 0.3) is 0 Å². The molecule has 0 spiro atoms. The SMILES string of the molecule is CNC(=O)C(N)CCC(=O)O.CNC(=O)C([NH3+])CCC(=O)[O-].CNC(=O)C1CCC(=O)N1.CNC(=O)C1CCC(N)([O-])C1.O. The van der Waals surface area contributed by atoms with Crippen LogP contribution in [0.2, 0.25) is 0 Å². The van der Waals surface area contributed by atoms with E-state index in [2.05, 4.69) is 32.3 Å². The second-order valence-electron chi connectivity index (χ2n) is 9.77. The van der Waals surface area contributed by atoms with E-state index in [0.717, 1.165) is 0 Å². The van der Waals surface area contributed by atoms with Gasteiger partial charge in [-0.3, -0.25) is 28.8 Å². The van der Waals surface area contributed by atoms with Crippen LogP contribution in [0.5, 0.6) is 0 Å². The van der Waals surface area contributed by atoms with Crippen molar-refractivity contribution < 1.29 is 60.1 Å². The van der Waals surface area contributed by atoms with Crippen molar-refractivity contribution in [2.24, 2.45) is 17.4 Å². The van der Waals surface area contributed by atoms with Crippen molar-refractivity contribution in [1.82, 2.24) is 26.6 Å². The second kappa shape index (κ2) is 23.5. The van der Waals surface area contributed by atoms with Crippen LogP contribution in [0.4, 0.5) is 0 Å². The number of likely N-dealkylation sites (N-methyl/N-ethyl adjacent to an activating group) is 3. The highest BCUT2D eigenvalue weighted by Crippen LogP contribution is 2.28. The molecular weight excluding hydrogens is 588 g/mol. The number of aliphatic carboxylic acids is 2. The largest absolute Gasteiger partial charge is 0.838 e. The number of hydrogen-bond donors (Lipinski definition) is 9. The molecule has 5 amide bonds. The molecule has 1 saturated heterocycles. The highest BCUT2D eigenvalue weighted by molar-refractivity contribution is 5.90. The molecule has 0 aromatic rings. The Morgan fingerprint density at radius 1 is 0.977 bits per heavy atom. The summed E-state index contributed by atoms with van der Waals surface area (Å²) in [6.07, 6.45) is 2.60. The molecule has 0 radical (unpaired) electrons. The third kappa shape index (κ3) is 20.9. The molecule has 0 aromatic heterocycles. The van der Waals surface area contributed by atoms with Crippen molar-refractivity contribution in [3.63, 3.8) is 0 Å². The summed E-state index contributed by atoms with van der Waals surface area (Å²) in [7, 11) is 6.08. The minimum absolute atomic E-state index is 0. The number of amides is 5. The van der Waals surface area contributed by atoms with E-state index >= 15 is 0 Å². The Balaban J connectivity index is -0.000000506. The van der Waals surface area contributed by atoms with Crippen molar-refractivity contribution in [2.45, 2.75) is 81.6 Å². The first kappa shape index (κ1) is 44.5. The van der Waals surface area contributed by atoms with Crippen LogP contribution in [-0.4, -0.2) is 104 Å². The normalized spacial score (nSPS) is 20.9. The van der Waals surface area contributed by atoms with Gasteiger partial charge in [-0.1, -0.05) is 5.72 Å². The van der Waals surface area contributed by atoms with Gasteiger partial charge in [0.05, 0.1) is 6.04 Å². The molecule has 2 aliphatic rings. The summed E-state index contributed by atoms with van der Waals surface area (Å²) < 4.78 is 0. The van der Waals surface area contributed by atoms with Crippen LogP contribution in [0.1, 0.15) is 57.8 Å². The summed E-state index contributed by atoms with van der Waals surface area (Å²) in [5.41, 5.74) is 12.7. The number of nitrogens with one attached hydrogen (secondary N) is 5. The number of carbonyl (C=O) groups excluding carboxylic acids is 6. The number of carboxylic acid groups (broad SMARTS) is 2. The van der Waals surface area contributed by atoms with E-state index in [1.165, 1.54) is 14.1 Å². The van der Waals surface area contributed by atoms with Crippen molar-refractivity contribution in [3.8, 4) is 0 Å². The zero-order valence-electron chi connectivity index (χ0n) is 25.7. The quantitative estimate of drug-likeness (QED) is 0.101. The molecule has 44 heavy (non-hydrogen) atoms. The van der Waals surface area contributed by atoms with Crippen molar-refractivity contribution in [1.29, 1.82) is 0 Å².